The molecule has 0 unspecified atom stereocenters. The van der Waals surface area contributed by atoms with Gasteiger partial charge in [-0.3, -0.25) is 25.1 Å². The first-order valence-electron chi connectivity index (χ1n) is 24.6. The molecule has 2 aliphatic carbocycles. The van der Waals surface area contributed by atoms with Crippen LogP contribution in [0, 0.1) is 38.0 Å². The summed E-state index contributed by atoms with van der Waals surface area (Å²) in [4.78, 5) is 58.2. The van der Waals surface area contributed by atoms with Gasteiger partial charge < -0.3 is 39.3 Å². The molecule has 6 atom stereocenters. The average Bonchev–Trinajstić information content (AvgIpc) is 3.39. The summed E-state index contributed by atoms with van der Waals surface area (Å²) in [6, 6.07) is 28.9. The van der Waals surface area contributed by atoms with Crippen LogP contribution in [-0.4, -0.2) is 81.1 Å². The second kappa shape index (κ2) is 23.7. The van der Waals surface area contributed by atoms with E-state index in [1.54, 1.807) is 42.2 Å². The van der Waals surface area contributed by atoms with Gasteiger partial charge in [0.15, 0.2) is 0 Å². The van der Waals surface area contributed by atoms with E-state index >= 15 is 4.79 Å². The van der Waals surface area contributed by atoms with Crippen molar-refractivity contribution in [3.63, 3.8) is 0 Å². The molecule has 5 aromatic rings. The number of nitro benzene ring substituents is 2. The zero-order valence-corrected chi connectivity index (χ0v) is 40.5. The topological polar surface area (TPSA) is 235 Å². The third-order valence-electron chi connectivity index (χ3n) is 13.8. The highest BCUT2D eigenvalue weighted by atomic mass is 16.7. The highest BCUT2D eigenvalue weighted by molar-refractivity contribution is 6.03. The Morgan fingerprint density at radius 2 is 1.56 bits per heavy atom. The Balaban J connectivity index is 1.36. The van der Waals surface area contributed by atoms with Crippen LogP contribution in [0.2, 0.25) is 0 Å². The van der Waals surface area contributed by atoms with Gasteiger partial charge in [-0.25, -0.2) is 9.59 Å². The summed E-state index contributed by atoms with van der Waals surface area (Å²) in [7, 11) is 0. The summed E-state index contributed by atoms with van der Waals surface area (Å²) >= 11 is 0. The van der Waals surface area contributed by atoms with Crippen molar-refractivity contribution in [2.75, 3.05) is 26.4 Å². The van der Waals surface area contributed by atoms with Gasteiger partial charge in [0, 0.05) is 61.9 Å². The zero-order chi connectivity index (χ0) is 51.5. The second-order valence-corrected chi connectivity index (χ2v) is 18.3. The van der Waals surface area contributed by atoms with E-state index in [9.17, 15) is 35.2 Å². The molecule has 3 aliphatic rings. The molecule has 2 amide bonds. The minimum Gasteiger partial charge on any atom is -0.459 e. The Bertz CT molecular complexity index is 2850. The fourth-order valence-electron chi connectivity index (χ4n) is 10.6. The number of aliphatic hydroxyl groups is 2. The van der Waals surface area contributed by atoms with Crippen LogP contribution in [0.25, 0.3) is 10.8 Å². The van der Waals surface area contributed by atoms with Crippen molar-refractivity contribution in [1.29, 1.82) is 0 Å². The standard InChI is InChI=1S/C55H59N5O13/c1-3-30-69-55-50(58(34-39-15-11-14-37-12-5-6-16-44(37)39)54(64)72-42-24-22-41(23-25-42)60(67)68)33-48(57-70-35-36-18-20-40(21-19-36)59(65)66)46-31-38(13-7-9-28-61)45(17-8-10-29-62)51(52(46)55)47-32-43(26-27-49(47)73-55)71-53(63)56-4-2/h3,5-6,11-12,14-16,18-27,31-32,38,45,50-52,61-62H,1,4,7-10,13,17,28-30,33-35H2,2H3,(H,56,63)/t38-,45+,50-,51+,52+,55+/m0/s1. The molecule has 0 spiro atoms. The van der Waals surface area contributed by atoms with Gasteiger partial charge in [-0.2, -0.15) is 0 Å². The Morgan fingerprint density at radius 1 is 0.877 bits per heavy atom. The molecule has 0 bridgehead atoms. The number of nitrogens with one attached hydrogen (secondary N) is 1. The Kier molecular flexibility index (Phi) is 16.8. The summed E-state index contributed by atoms with van der Waals surface area (Å²) < 4.78 is 26.5. The molecule has 8 rings (SSSR count). The van der Waals surface area contributed by atoms with E-state index in [2.05, 4.69) is 18.0 Å². The fraction of sp³-hybridized carbons (Fsp3) is 0.364. The molecule has 1 aliphatic heterocycles. The summed E-state index contributed by atoms with van der Waals surface area (Å²) in [5, 5.41) is 52.5. The van der Waals surface area contributed by atoms with Crippen molar-refractivity contribution < 1.29 is 53.4 Å². The quantitative estimate of drug-likeness (QED) is 0.0254. The van der Waals surface area contributed by atoms with Crippen LogP contribution < -0.4 is 19.5 Å². The lowest BCUT2D eigenvalue weighted by molar-refractivity contribution is -0.385. The Labute approximate surface area is 422 Å². The normalized spacial score (nSPS) is 21.2. The number of non-ortho nitro benzene ring substituents is 2. The highest BCUT2D eigenvalue weighted by Gasteiger charge is 2.66. The van der Waals surface area contributed by atoms with Crippen LogP contribution in [-0.2, 0) is 22.7 Å². The number of fused-ring (bicyclic) bond motifs is 3. The maximum atomic E-state index is 15.4. The molecular formula is C55H59N5O13. The highest BCUT2D eigenvalue weighted by Crippen LogP contribution is 2.62. The van der Waals surface area contributed by atoms with Crippen molar-refractivity contribution in [2.24, 2.45) is 22.9 Å². The molecule has 18 heteroatoms. The van der Waals surface area contributed by atoms with Gasteiger partial charge >= 0.3 is 12.2 Å². The molecule has 73 heavy (non-hydrogen) atoms. The molecule has 1 heterocycles. The number of carbonyl (C=O) groups is 2. The first kappa shape index (κ1) is 51.7. The summed E-state index contributed by atoms with van der Waals surface area (Å²) in [5.41, 5.74) is 3.03. The molecule has 5 aromatic carbocycles. The van der Waals surface area contributed by atoms with Crippen LogP contribution in [0.4, 0.5) is 21.0 Å². The number of amides is 2. The van der Waals surface area contributed by atoms with Crippen molar-refractivity contribution in [1.82, 2.24) is 10.2 Å². The number of hydrogen-bond donors (Lipinski definition) is 3. The number of aliphatic hydroxyl groups excluding tert-OH is 2. The number of nitrogens with zero attached hydrogens (tertiary/aromatic N) is 4. The van der Waals surface area contributed by atoms with Gasteiger partial charge in [-0.1, -0.05) is 72.6 Å². The molecule has 0 saturated heterocycles. The molecule has 18 nitrogen and oxygen atoms in total. The third kappa shape index (κ3) is 11.5. The van der Waals surface area contributed by atoms with Gasteiger partial charge in [-0.05, 0) is 114 Å². The largest absolute Gasteiger partial charge is 0.459 e. The molecule has 382 valence electrons. The van der Waals surface area contributed by atoms with Gasteiger partial charge in [0.05, 0.1) is 34.6 Å². The van der Waals surface area contributed by atoms with Crippen LogP contribution in [0.5, 0.6) is 17.2 Å². The van der Waals surface area contributed by atoms with Gasteiger partial charge in [-0.15, -0.1) is 6.58 Å². The maximum absolute atomic E-state index is 15.4. The van der Waals surface area contributed by atoms with Crippen LogP contribution >= 0.6 is 0 Å². The molecular weight excluding hydrogens is 939 g/mol. The van der Waals surface area contributed by atoms with E-state index in [0.717, 1.165) is 27.5 Å². The van der Waals surface area contributed by atoms with Crippen molar-refractivity contribution in [2.45, 2.75) is 82.8 Å². The minimum atomic E-state index is -1.72. The maximum Gasteiger partial charge on any atom is 0.416 e. The van der Waals surface area contributed by atoms with Crippen molar-refractivity contribution >= 4 is 40.0 Å². The van der Waals surface area contributed by atoms with E-state index in [1.165, 1.54) is 36.4 Å². The van der Waals surface area contributed by atoms with E-state index < -0.39 is 45.7 Å². The minimum absolute atomic E-state index is 0.00755. The van der Waals surface area contributed by atoms with E-state index in [0.29, 0.717) is 62.1 Å². The summed E-state index contributed by atoms with van der Waals surface area (Å²) in [6.45, 7) is 6.02. The first-order valence-corrected chi connectivity index (χ1v) is 24.6. The number of ether oxygens (including phenoxy) is 4. The number of allylic oxidation sites excluding steroid dienone is 1. The smallest absolute Gasteiger partial charge is 0.416 e. The zero-order valence-electron chi connectivity index (χ0n) is 40.5. The third-order valence-corrected chi connectivity index (χ3v) is 13.8. The molecule has 3 N–H and O–H groups in total. The lowest BCUT2D eigenvalue weighted by Gasteiger charge is -2.59. The van der Waals surface area contributed by atoms with E-state index in [4.69, 9.17) is 28.9 Å². The van der Waals surface area contributed by atoms with Crippen LogP contribution in [0.1, 0.15) is 74.5 Å². The molecule has 0 radical (unpaired) electrons. The number of oxime groups is 1. The molecule has 1 saturated carbocycles. The Morgan fingerprint density at radius 3 is 2.26 bits per heavy atom. The SMILES string of the molecule is C=CCO[C@@]12Oc3ccc(OC(=O)NCC)cc3[C@H]3[C@H](CCCCO)[C@@H](CCCCO)C=C(C(=NOCc4ccc([N+](=O)[O-])cc4)C[C@@H]1N(Cc1cccc4ccccc14)C(=O)Oc1ccc([N+](=O)[O-])cc1)[C@H]32. The summed E-state index contributed by atoms with van der Waals surface area (Å²) in [5.74, 6) is -2.48. The predicted octanol–water partition coefficient (Wildman–Crippen LogP) is 10.3. The van der Waals surface area contributed by atoms with Gasteiger partial charge in [0.1, 0.15) is 29.9 Å². The molecule has 0 aromatic heterocycles. The number of unbranched alkanes of at least 4 members (excludes halogenated alkanes) is 2. The predicted molar refractivity (Wildman–Crippen MR) is 271 cm³/mol. The number of hydrogen-bond acceptors (Lipinski definition) is 14. The second-order valence-electron chi connectivity index (χ2n) is 18.3. The molecule has 1 fully saturated rings. The van der Waals surface area contributed by atoms with Gasteiger partial charge in [0.2, 0.25) is 5.79 Å². The monoisotopic (exact) mass is 997 g/mol. The van der Waals surface area contributed by atoms with Crippen molar-refractivity contribution in [3.8, 4) is 17.2 Å². The average molecular weight is 998 g/mol. The van der Waals surface area contributed by atoms with Crippen molar-refractivity contribution in [3.05, 3.63) is 170 Å². The number of carbonyl (C=O) groups excluding carboxylic acids is 2. The van der Waals surface area contributed by atoms with E-state index in [-0.39, 0.29) is 74.1 Å². The summed E-state index contributed by atoms with van der Waals surface area (Å²) in [6.07, 6.45) is 6.10. The van der Waals surface area contributed by atoms with Gasteiger partial charge in [0.25, 0.3) is 11.4 Å². The lowest BCUT2D eigenvalue weighted by Crippen LogP contribution is -2.70. The van der Waals surface area contributed by atoms with Crippen LogP contribution in [0.15, 0.2) is 139 Å². The lowest BCUT2D eigenvalue weighted by atomic mass is 9.55. The number of nitro groups is 2. The first-order chi connectivity index (χ1) is 35.5. The van der Waals surface area contributed by atoms with Crippen LogP contribution in [0.3, 0.4) is 0 Å². The van der Waals surface area contributed by atoms with E-state index in [1.807, 2.05) is 48.5 Å². The number of benzene rings is 5. The number of rotatable bonds is 22. The fourth-order valence-corrected chi connectivity index (χ4v) is 10.6. The Hall–Kier alpha value is -7.67.